The molecule has 1 aliphatic carbocycles. The third-order valence-electron chi connectivity index (χ3n) is 5.17. The van der Waals surface area contributed by atoms with E-state index in [1.807, 2.05) is 0 Å². The molecule has 158 valence electrons. The number of methoxy groups -OCH3 is 1. The predicted octanol–water partition coefficient (Wildman–Crippen LogP) is 2.89. The lowest BCUT2D eigenvalue weighted by molar-refractivity contribution is -0.146. The van der Waals surface area contributed by atoms with Crippen LogP contribution in [0.3, 0.4) is 0 Å². The number of hydrogen-bond donors (Lipinski definition) is 1. The van der Waals surface area contributed by atoms with Crippen LogP contribution in [0.15, 0.2) is 16.0 Å². The number of rotatable bonds is 7. The average molecular weight is 403 g/mol. The fourth-order valence-corrected chi connectivity index (χ4v) is 3.63. The molecule has 0 bridgehead atoms. The summed E-state index contributed by atoms with van der Waals surface area (Å²) < 4.78 is 6.37. The molecule has 9 heteroatoms. The zero-order valence-electron chi connectivity index (χ0n) is 17.4. The van der Waals surface area contributed by atoms with Crippen molar-refractivity contribution < 1.29 is 14.3 Å². The van der Waals surface area contributed by atoms with Gasteiger partial charge in [0, 0.05) is 23.7 Å². The summed E-state index contributed by atoms with van der Waals surface area (Å²) in [6, 6.07) is 1.68. The summed E-state index contributed by atoms with van der Waals surface area (Å²) in [4.78, 5) is 40.7. The van der Waals surface area contributed by atoms with Crippen LogP contribution in [0.1, 0.15) is 67.6 Å². The van der Waals surface area contributed by atoms with Gasteiger partial charge in [-0.3, -0.25) is 9.59 Å². The first-order chi connectivity index (χ1) is 13.8. The molecular weight excluding hydrogens is 374 g/mol. The van der Waals surface area contributed by atoms with Crippen LogP contribution in [0.4, 0.5) is 0 Å². The maximum atomic E-state index is 13.2. The largest absolute Gasteiger partial charge is 0.467 e. The van der Waals surface area contributed by atoms with E-state index in [4.69, 9.17) is 10.3 Å². The number of aromatic nitrogens is 1. The molecule has 0 saturated heterocycles. The van der Waals surface area contributed by atoms with E-state index in [1.54, 1.807) is 10.6 Å². The summed E-state index contributed by atoms with van der Waals surface area (Å²) >= 11 is 0. The van der Waals surface area contributed by atoms with Crippen molar-refractivity contribution in [3.8, 4) is 0 Å². The lowest BCUT2D eigenvalue weighted by Gasteiger charge is -2.24. The Balaban J connectivity index is 2.44. The quantitative estimate of drug-likeness (QED) is 0.247. The maximum absolute atomic E-state index is 13.2. The number of fused-ring (bicyclic) bond motifs is 1. The SMILES string of the molecule is COC(=O)C(C)(C)NC(=O)c1cc2c(n(CCCN=[N+]=[N-])c1=O)CCCCCC2. The second kappa shape index (κ2) is 10.1. The number of nitrogens with zero attached hydrogens (tertiary/aromatic N) is 4. The number of pyridine rings is 1. The van der Waals surface area contributed by atoms with Gasteiger partial charge in [0.15, 0.2) is 0 Å². The van der Waals surface area contributed by atoms with Crippen molar-refractivity contribution >= 4 is 11.9 Å². The van der Waals surface area contributed by atoms with E-state index in [9.17, 15) is 14.4 Å². The fourth-order valence-electron chi connectivity index (χ4n) is 3.63. The van der Waals surface area contributed by atoms with Gasteiger partial charge in [-0.15, -0.1) is 0 Å². The van der Waals surface area contributed by atoms with Crippen molar-refractivity contribution in [1.29, 1.82) is 0 Å². The lowest BCUT2D eigenvalue weighted by Crippen LogP contribution is -2.51. The Morgan fingerprint density at radius 2 is 1.97 bits per heavy atom. The van der Waals surface area contributed by atoms with Crippen LogP contribution in [0.25, 0.3) is 10.4 Å². The van der Waals surface area contributed by atoms with E-state index in [1.165, 1.54) is 21.0 Å². The van der Waals surface area contributed by atoms with Crippen LogP contribution in [0.5, 0.6) is 0 Å². The summed E-state index contributed by atoms with van der Waals surface area (Å²) in [6.45, 7) is 3.72. The molecular formula is C20H29N5O4. The number of aryl methyl sites for hydroxylation is 1. The molecule has 1 amide bonds. The van der Waals surface area contributed by atoms with E-state index < -0.39 is 17.4 Å². The standard InChI is InChI=1S/C20H29N5O4/c1-20(2,19(28)29-3)23-17(26)15-13-14-9-6-4-5-7-10-16(14)25(18(15)27)12-8-11-22-24-21/h13H,4-12H2,1-3H3,(H,23,26). The molecule has 0 radical (unpaired) electrons. The zero-order chi connectivity index (χ0) is 21.4. The first-order valence-corrected chi connectivity index (χ1v) is 9.99. The molecule has 0 spiro atoms. The van der Waals surface area contributed by atoms with Gasteiger partial charge >= 0.3 is 5.97 Å². The number of hydrogen-bond acceptors (Lipinski definition) is 5. The van der Waals surface area contributed by atoms with Crippen molar-refractivity contribution in [2.75, 3.05) is 13.7 Å². The molecule has 0 fully saturated rings. The minimum atomic E-state index is -1.26. The highest BCUT2D eigenvalue weighted by molar-refractivity contribution is 5.97. The third-order valence-corrected chi connectivity index (χ3v) is 5.17. The lowest BCUT2D eigenvalue weighted by atomic mass is 9.95. The molecule has 1 N–H and O–H groups in total. The summed E-state index contributed by atoms with van der Waals surface area (Å²) in [6.07, 6.45) is 6.31. The number of ether oxygens (including phenoxy) is 1. The zero-order valence-corrected chi connectivity index (χ0v) is 17.4. The van der Waals surface area contributed by atoms with E-state index in [2.05, 4.69) is 15.3 Å². The first-order valence-electron chi connectivity index (χ1n) is 9.99. The average Bonchev–Trinajstić information content (AvgIpc) is 2.66. The Hall–Kier alpha value is -2.80. The third kappa shape index (κ3) is 5.60. The fraction of sp³-hybridized carbons (Fsp3) is 0.650. The molecule has 0 aliphatic heterocycles. The van der Waals surface area contributed by atoms with E-state index >= 15 is 0 Å². The molecule has 9 nitrogen and oxygen atoms in total. The molecule has 1 heterocycles. The van der Waals surface area contributed by atoms with Crippen molar-refractivity contribution in [3.05, 3.63) is 43.7 Å². The number of amides is 1. The topological polar surface area (TPSA) is 126 Å². The van der Waals surface area contributed by atoms with Crippen molar-refractivity contribution in [3.63, 3.8) is 0 Å². The van der Waals surface area contributed by atoms with Crippen LogP contribution in [0, 0.1) is 0 Å². The second-order valence-corrected chi connectivity index (χ2v) is 7.78. The highest BCUT2D eigenvalue weighted by atomic mass is 16.5. The Morgan fingerprint density at radius 1 is 1.28 bits per heavy atom. The van der Waals surface area contributed by atoms with Gasteiger partial charge in [-0.2, -0.15) is 0 Å². The number of esters is 1. The highest BCUT2D eigenvalue weighted by Crippen LogP contribution is 2.21. The van der Waals surface area contributed by atoms with Crippen LogP contribution in [-0.2, 0) is 28.9 Å². The van der Waals surface area contributed by atoms with Gasteiger partial charge in [0.05, 0.1) is 7.11 Å². The Labute approximate surface area is 170 Å². The van der Waals surface area contributed by atoms with Gasteiger partial charge in [0.2, 0.25) is 0 Å². The van der Waals surface area contributed by atoms with Gasteiger partial charge in [-0.05, 0) is 63.1 Å². The minimum Gasteiger partial charge on any atom is -0.467 e. The van der Waals surface area contributed by atoms with Gasteiger partial charge in [-0.1, -0.05) is 18.0 Å². The van der Waals surface area contributed by atoms with Crippen LogP contribution < -0.4 is 10.9 Å². The number of carbonyl (C=O) groups is 2. The monoisotopic (exact) mass is 403 g/mol. The normalized spacial score (nSPS) is 14.0. The molecule has 0 saturated carbocycles. The number of carbonyl (C=O) groups excluding carboxylic acids is 2. The van der Waals surface area contributed by atoms with Crippen LogP contribution in [0.2, 0.25) is 0 Å². The molecule has 2 rings (SSSR count). The van der Waals surface area contributed by atoms with E-state index in [0.717, 1.165) is 49.8 Å². The Kier molecular flexibility index (Phi) is 7.84. The highest BCUT2D eigenvalue weighted by Gasteiger charge is 2.32. The van der Waals surface area contributed by atoms with Crippen molar-refractivity contribution in [2.24, 2.45) is 5.11 Å². The summed E-state index contributed by atoms with van der Waals surface area (Å²) in [5.74, 6) is -1.19. The van der Waals surface area contributed by atoms with Crippen molar-refractivity contribution in [1.82, 2.24) is 9.88 Å². The Morgan fingerprint density at radius 3 is 2.62 bits per heavy atom. The predicted molar refractivity (Wildman–Crippen MR) is 109 cm³/mol. The number of nitrogens with one attached hydrogen (secondary N) is 1. The smallest absolute Gasteiger partial charge is 0.330 e. The summed E-state index contributed by atoms with van der Waals surface area (Å²) in [5.41, 5.74) is 8.80. The molecule has 1 aromatic rings. The molecule has 1 aromatic heterocycles. The molecule has 1 aliphatic rings. The number of azide groups is 1. The van der Waals surface area contributed by atoms with Crippen molar-refractivity contribution in [2.45, 2.75) is 70.9 Å². The van der Waals surface area contributed by atoms with Gasteiger partial charge in [-0.25, -0.2) is 4.79 Å². The van der Waals surface area contributed by atoms with Gasteiger partial charge in [0.1, 0.15) is 11.1 Å². The van der Waals surface area contributed by atoms with Crippen LogP contribution in [-0.4, -0.2) is 35.6 Å². The molecule has 29 heavy (non-hydrogen) atoms. The van der Waals surface area contributed by atoms with E-state index in [0.29, 0.717) is 13.0 Å². The van der Waals surface area contributed by atoms with Gasteiger partial charge in [0.25, 0.3) is 11.5 Å². The van der Waals surface area contributed by atoms with Crippen LogP contribution >= 0.6 is 0 Å². The first kappa shape index (κ1) is 22.5. The molecule has 0 unspecified atom stereocenters. The van der Waals surface area contributed by atoms with E-state index in [-0.39, 0.29) is 17.7 Å². The Bertz CT molecular complexity index is 868. The second-order valence-electron chi connectivity index (χ2n) is 7.78. The summed E-state index contributed by atoms with van der Waals surface area (Å²) in [7, 11) is 1.25. The minimum absolute atomic E-state index is 0.0186. The molecule has 0 aromatic carbocycles. The van der Waals surface area contributed by atoms with Gasteiger partial charge < -0.3 is 14.6 Å². The molecule has 0 atom stereocenters. The maximum Gasteiger partial charge on any atom is 0.330 e. The summed E-state index contributed by atoms with van der Waals surface area (Å²) in [5, 5.41) is 6.14.